The lowest BCUT2D eigenvalue weighted by Crippen LogP contribution is -2.48. The van der Waals surface area contributed by atoms with Crippen LogP contribution in [0.4, 0.5) is 0 Å². The van der Waals surface area contributed by atoms with Gasteiger partial charge in [-0.15, -0.1) is 0 Å². The summed E-state index contributed by atoms with van der Waals surface area (Å²) in [5.74, 6) is 0.0853. The molecule has 0 saturated carbocycles. The van der Waals surface area contributed by atoms with Crippen molar-refractivity contribution in [2.75, 3.05) is 6.54 Å². The summed E-state index contributed by atoms with van der Waals surface area (Å²) in [6.07, 6.45) is 3.71. The van der Waals surface area contributed by atoms with Crippen molar-refractivity contribution in [1.29, 1.82) is 0 Å². The molecule has 0 aromatic heterocycles. The average molecular weight is 274 g/mol. The first kappa shape index (κ1) is 13.6. The van der Waals surface area contributed by atoms with Gasteiger partial charge >= 0.3 is 0 Å². The third-order valence-electron chi connectivity index (χ3n) is 4.52. The van der Waals surface area contributed by atoms with Crippen molar-refractivity contribution in [1.82, 2.24) is 10.2 Å². The smallest absolute Gasteiger partial charge is 0.234 e. The zero-order chi connectivity index (χ0) is 13.9. The Morgan fingerprint density at radius 3 is 2.50 bits per heavy atom. The molecule has 1 aromatic carbocycles. The van der Waals surface area contributed by atoms with Crippen molar-refractivity contribution in [3.63, 3.8) is 0 Å². The second-order valence-electron chi connectivity index (χ2n) is 5.94. The average Bonchev–Trinajstić information content (AvgIpc) is 2.69. The molecule has 2 bridgehead atoms. The van der Waals surface area contributed by atoms with Crippen LogP contribution in [-0.4, -0.2) is 40.6 Å². The molecule has 2 aliphatic rings. The van der Waals surface area contributed by atoms with Gasteiger partial charge in [-0.25, -0.2) is 0 Å². The van der Waals surface area contributed by atoms with Gasteiger partial charge in [-0.05, 0) is 31.2 Å². The highest BCUT2D eigenvalue weighted by molar-refractivity contribution is 5.78. The lowest BCUT2D eigenvalue weighted by molar-refractivity contribution is -0.124. The zero-order valence-electron chi connectivity index (χ0n) is 11.7. The van der Waals surface area contributed by atoms with E-state index < -0.39 is 0 Å². The minimum absolute atomic E-state index is 0.0853. The molecule has 2 heterocycles. The zero-order valence-corrected chi connectivity index (χ0v) is 11.7. The molecule has 2 unspecified atom stereocenters. The van der Waals surface area contributed by atoms with E-state index in [4.69, 9.17) is 0 Å². The van der Waals surface area contributed by atoms with E-state index in [1.807, 2.05) is 30.3 Å². The molecule has 2 saturated heterocycles. The van der Waals surface area contributed by atoms with Crippen LogP contribution in [0.2, 0.25) is 0 Å². The Morgan fingerprint density at radius 1 is 1.20 bits per heavy atom. The number of aliphatic hydroxyl groups is 1. The van der Waals surface area contributed by atoms with Gasteiger partial charge in [0, 0.05) is 18.6 Å². The maximum Gasteiger partial charge on any atom is 0.234 e. The Hall–Kier alpha value is -1.39. The molecule has 2 atom stereocenters. The predicted molar refractivity (Wildman–Crippen MR) is 77.0 cm³/mol. The molecule has 2 fully saturated rings. The minimum Gasteiger partial charge on any atom is -0.393 e. The van der Waals surface area contributed by atoms with Gasteiger partial charge in [0.05, 0.1) is 12.6 Å². The number of benzene rings is 1. The Labute approximate surface area is 119 Å². The summed E-state index contributed by atoms with van der Waals surface area (Å²) >= 11 is 0. The second-order valence-corrected chi connectivity index (χ2v) is 5.94. The second kappa shape index (κ2) is 5.94. The molecule has 20 heavy (non-hydrogen) atoms. The molecule has 1 aromatic rings. The van der Waals surface area contributed by atoms with Crippen molar-refractivity contribution in [3.8, 4) is 0 Å². The molecule has 3 rings (SSSR count). The summed E-state index contributed by atoms with van der Waals surface area (Å²) in [5, 5.41) is 12.7. The van der Waals surface area contributed by atoms with Crippen molar-refractivity contribution in [2.45, 2.75) is 50.4 Å². The quantitative estimate of drug-likeness (QED) is 0.870. The highest BCUT2D eigenvalue weighted by Gasteiger charge is 2.40. The Morgan fingerprint density at radius 2 is 1.85 bits per heavy atom. The van der Waals surface area contributed by atoms with Gasteiger partial charge < -0.3 is 10.4 Å². The maximum absolute atomic E-state index is 12.1. The van der Waals surface area contributed by atoms with Crippen LogP contribution in [0, 0.1) is 0 Å². The van der Waals surface area contributed by atoms with E-state index >= 15 is 0 Å². The molecule has 0 aliphatic carbocycles. The van der Waals surface area contributed by atoms with Gasteiger partial charge in [0.25, 0.3) is 0 Å². The van der Waals surface area contributed by atoms with E-state index in [0.29, 0.717) is 25.2 Å². The number of nitrogens with one attached hydrogen (secondary N) is 1. The van der Waals surface area contributed by atoms with E-state index in [9.17, 15) is 9.90 Å². The molecule has 0 spiro atoms. The summed E-state index contributed by atoms with van der Waals surface area (Å²) in [6, 6.07) is 10.8. The van der Waals surface area contributed by atoms with Crippen LogP contribution in [0.3, 0.4) is 0 Å². The molecule has 4 heteroatoms. The summed E-state index contributed by atoms with van der Waals surface area (Å²) in [4.78, 5) is 14.4. The first-order valence-corrected chi connectivity index (χ1v) is 7.47. The minimum atomic E-state index is -0.170. The number of nitrogens with zero attached hydrogens (tertiary/aromatic N) is 1. The van der Waals surface area contributed by atoms with E-state index in [1.165, 1.54) is 0 Å². The standard InChI is InChI=1S/C16H22N2O2/c19-15-8-13-6-7-14(9-15)18(13)11-16(20)17-10-12-4-2-1-3-5-12/h1-5,13-15,19H,6-11H2,(H,17,20). The van der Waals surface area contributed by atoms with Crippen LogP contribution in [0.25, 0.3) is 0 Å². The van der Waals surface area contributed by atoms with E-state index in [2.05, 4.69) is 10.2 Å². The molecule has 2 N–H and O–H groups in total. The van der Waals surface area contributed by atoms with Crippen LogP contribution in [-0.2, 0) is 11.3 Å². The van der Waals surface area contributed by atoms with Gasteiger partial charge in [0.1, 0.15) is 0 Å². The SMILES string of the molecule is O=C(CN1C2CCC1CC(O)C2)NCc1ccccc1. The van der Waals surface area contributed by atoms with E-state index in [0.717, 1.165) is 31.2 Å². The lowest BCUT2D eigenvalue weighted by Gasteiger charge is -2.36. The van der Waals surface area contributed by atoms with Crippen molar-refractivity contribution < 1.29 is 9.90 Å². The van der Waals surface area contributed by atoms with E-state index in [-0.39, 0.29) is 12.0 Å². The monoisotopic (exact) mass is 274 g/mol. The Kier molecular flexibility index (Phi) is 4.03. The van der Waals surface area contributed by atoms with Gasteiger partial charge in [0.15, 0.2) is 0 Å². The van der Waals surface area contributed by atoms with Gasteiger partial charge in [0.2, 0.25) is 5.91 Å². The number of aliphatic hydroxyl groups excluding tert-OH is 1. The highest BCUT2D eigenvalue weighted by atomic mass is 16.3. The fourth-order valence-electron chi connectivity index (χ4n) is 3.52. The van der Waals surface area contributed by atoms with Crippen LogP contribution >= 0.6 is 0 Å². The normalized spacial score (nSPS) is 29.4. The van der Waals surface area contributed by atoms with Crippen LogP contribution in [0.5, 0.6) is 0 Å². The first-order valence-electron chi connectivity index (χ1n) is 7.47. The van der Waals surface area contributed by atoms with Crippen molar-refractivity contribution in [3.05, 3.63) is 35.9 Å². The third kappa shape index (κ3) is 3.02. The number of piperidine rings is 1. The maximum atomic E-state index is 12.1. The van der Waals surface area contributed by atoms with Gasteiger partial charge in [-0.2, -0.15) is 0 Å². The number of carbonyl (C=O) groups is 1. The number of rotatable bonds is 4. The van der Waals surface area contributed by atoms with Crippen LogP contribution in [0.15, 0.2) is 30.3 Å². The molecule has 0 radical (unpaired) electrons. The Bertz CT molecular complexity index is 449. The molecule has 108 valence electrons. The number of hydrogen-bond donors (Lipinski definition) is 2. The topological polar surface area (TPSA) is 52.6 Å². The van der Waals surface area contributed by atoms with Crippen LogP contribution < -0.4 is 5.32 Å². The van der Waals surface area contributed by atoms with Crippen molar-refractivity contribution >= 4 is 5.91 Å². The number of amides is 1. The number of fused-ring (bicyclic) bond motifs is 2. The third-order valence-corrected chi connectivity index (χ3v) is 4.52. The van der Waals surface area contributed by atoms with Gasteiger partial charge in [-0.1, -0.05) is 30.3 Å². The molecule has 2 aliphatic heterocycles. The fourth-order valence-corrected chi connectivity index (χ4v) is 3.52. The predicted octanol–water partition coefficient (Wildman–Crippen LogP) is 1.29. The fraction of sp³-hybridized carbons (Fsp3) is 0.562. The van der Waals surface area contributed by atoms with Crippen LogP contribution in [0.1, 0.15) is 31.2 Å². The Balaban J connectivity index is 1.50. The molecular formula is C16H22N2O2. The molecule has 4 nitrogen and oxygen atoms in total. The molecule has 1 amide bonds. The number of hydrogen-bond acceptors (Lipinski definition) is 3. The summed E-state index contributed by atoms with van der Waals surface area (Å²) < 4.78 is 0. The summed E-state index contributed by atoms with van der Waals surface area (Å²) in [7, 11) is 0. The highest BCUT2D eigenvalue weighted by Crippen LogP contribution is 2.35. The molecular weight excluding hydrogens is 252 g/mol. The summed E-state index contributed by atoms with van der Waals surface area (Å²) in [5.41, 5.74) is 1.12. The number of carbonyl (C=O) groups excluding carboxylic acids is 1. The van der Waals surface area contributed by atoms with E-state index in [1.54, 1.807) is 0 Å². The van der Waals surface area contributed by atoms with Crippen molar-refractivity contribution in [2.24, 2.45) is 0 Å². The largest absolute Gasteiger partial charge is 0.393 e. The van der Waals surface area contributed by atoms with Gasteiger partial charge in [-0.3, -0.25) is 9.69 Å². The first-order chi connectivity index (χ1) is 9.72. The summed E-state index contributed by atoms with van der Waals surface area (Å²) in [6.45, 7) is 1.06. The lowest BCUT2D eigenvalue weighted by atomic mass is 10.00.